The van der Waals surface area contributed by atoms with Crippen molar-refractivity contribution < 1.29 is 9.84 Å². The van der Waals surface area contributed by atoms with E-state index >= 15 is 0 Å². The molecular formula is C14H19N3O2. The Balaban J connectivity index is 2.50. The third kappa shape index (κ3) is 2.93. The van der Waals surface area contributed by atoms with Crippen molar-refractivity contribution >= 4 is 16.7 Å². The van der Waals surface area contributed by atoms with Crippen LogP contribution < -0.4 is 10.1 Å². The van der Waals surface area contributed by atoms with Crippen LogP contribution in [0.2, 0.25) is 0 Å². The minimum absolute atomic E-state index is 0.0105. The second kappa shape index (κ2) is 5.84. The molecule has 0 fully saturated rings. The summed E-state index contributed by atoms with van der Waals surface area (Å²) in [7, 11) is 1.63. The molecule has 102 valence electrons. The Morgan fingerprint density at radius 3 is 2.79 bits per heavy atom. The molecule has 0 aliphatic rings. The van der Waals surface area contributed by atoms with Gasteiger partial charge in [0.15, 0.2) is 0 Å². The number of aromatic nitrogens is 2. The molecule has 1 atom stereocenters. The van der Waals surface area contributed by atoms with Crippen molar-refractivity contribution in [2.75, 3.05) is 19.0 Å². The summed E-state index contributed by atoms with van der Waals surface area (Å²) < 4.78 is 5.23. The number of aliphatic hydroxyl groups excluding tert-OH is 1. The number of methoxy groups -OCH3 is 1. The number of hydrogen-bond acceptors (Lipinski definition) is 5. The van der Waals surface area contributed by atoms with Crippen molar-refractivity contribution in [1.82, 2.24) is 9.97 Å². The first-order valence-corrected chi connectivity index (χ1v) is 6.37. The van der Waals surface area contributed by atoms with E-state index in [9.17, 15) is 5.11 Å². The summed E-state index contributed by atoms with van der Waals surface area (Å²) >= 11 is 0. The van der Waals surface area contributed by atoms with E-state index < -0.39 is 0 Å². The fourth-order valence-electron chi connectivity index (χ4n) is 1.93. The van der Waals surface area contributed by atoms with Crippen LogP contribution in [0.4, 0.5) is 5.82 Å². The van der Waals surface area contributed by atoms with Gasteiger partial charge in [0.2, 0.25) is 0 Å². The van der Waals surface area contributed by atoms with Crippen LogP contribution in [-0.2, 0) is 0 Å². The van der Waals surface area contributed by atoms with Crippen LogP contribution in [0.25, 0.3) is 10.9 Å². The van der Waals surface area contributed by atoms with Crippen molar-refractivity contribution in [3.05, 3.63) is 24.0 Å². The molecule has 5 nitrogen and oxygen atoms in total. The van der Waals surface area contributed by atoms with E-state index in [1.54, 1.807) is 7.11 Å². The number of fused-ring (bicyclic) bond motifs is 1. The highest BCUT2D eigenvalue weighted by Gasteiger charge is 2.11. The van der Waals surface area contributed by atoms with Gasteiger partial charge in [-0.05, 0) is 31.5 Å². The Labute approximate surface area is 112 Å². The van der Waals surface area contributed by atoms with Gasteiger partial charge in [0.1, 0.15) is 17.4 Å². The molecule has 0 amide bonds. The first-order chi connectivity index (χ1) is 9.17. The fraction of sp³-hybridized carbons (Fsp3) is 0.429. The zero-order valence-corrected chi connectivity index (χ0v) is 11.5. The molecule has 0 radical (unpaired) electrons. The average Bonchev–Trinajstić information content (AvgIpc) is 2.43. The largest absolute Gasteiger partial charge is 0.497 e. The van der Waals surface area contributed by atoms with E-state index in [0.29, 0.717) is 5.82 Å². The van der Waals surface area contributed by atoms with Gasteiger partial charge in [0, 0.05) is 5.39 Å². The normalized spacial score (nSPS) is 12.4. The lowest BCUT2D eigenvalue weighted by molar-refractivity contribution is 0.271. The second-order valence-electron chi connectivity index (χ2n) is 4.43. The summed E-state index contributed by atoms with van der Waals surface area (Å²) in [6.45, 7) is 3.95. The van der Waals surface area contributed by atoms with Crippen LogP contribution in [0, 0.1) is 6.92 Å². The van der Waals surface area contributed by atoms with Gasteiger partial charge in [-0.25, -0.2) is 9.97 Å². The summed E-state index contributed by atoms with van der Waals surface area (Å²) in [5, 5.41) is 13.5. The van der Waals surface area contributed by atoms with Crippen LogP contribution in [0.3, 0.4) is 0 Å². The lowest BCUT2D eigenvalue weighted by Crippen LogP contribution is -2.23. The van der Waals surface area contributed by atoms with Gasteiger partial charge in [0.05, 0.1) is 25.3 Å². The first kappa shape index (κ1) is 13.5. The molecule has 0 saturated carbocycles. The molecule has 0 aliphatic heterocycles. The van der Waals surface area contributed by atoms with Gasteiger partial charge in [-0.3, -0.25) is 0 Å². The summed E-state index contributed by atoms with van der Waals surface area (Å²) in [6, 6.07) is 5.68. The van der Waals surface area contributed by atoms with Crippen LogP contribution >= 0.6 is 0 Å². The Morgan fingerprint density at radius 1 is 1.37 bits per heavy atom. The topological polar surface area (TPSA) is 67.3 Å². The van der Waals surface area contributed by atoms with Crippen molar-refractivity contribution in [1.29, 1.82) is 0 Å². The van der Waals surface area contributed by atoms with Gasteiger partial charge in [-0.2, -0.15) is 0 Å². The van der Waals surface area contributed by atoms with E-state index in [2.05, 4.69) is 15.3 Å². The number of anilines is 1. The number of benzene rings is 1. The quantitative estimate of drug-likeness (QED) is 0.863. The lowest BCUT2D eigenvalue weighted by atomic mass is 10.2. The molecule has 5 heteroatoms. The summed E-state index contributed by atoms with van der Waals surface area (Å²) in [6.07, 6.45) is 0.824. The number of ether oxygens (including phenoxy) is 1. The molecule has 2 N–H and O–H groups in total. The van der Waals surface area contributed by atoms with Crippen molar-refractivity contribution in [3.63, 3.8) is 0 Å². The third-order valence-corrected chi connectivity index (χ3v) is 3.07. The third-order valence-electron chi connectivity index (χ3n) is 3.07. The number of nitrogens with one attached hydrogen (secondary N) is 1. The fourth-order valence-corrected chi connectivity index (χ4v) is 1.93. The summed E-state index contributed by atoms with van der Waals surface area (Å²) in [5.74, 6) is 2.20. The minimum atomic E-state index is -0.0105. The minimum Gasteiger partial charge on any atom is -0.497 e. The Bertz CT molecular complexity index is 568. The van der Waals surface area contributed by atoms with E-state index in [-0.39, 0.29) is 12.6 Å². The Hall–Kier alpha value is -1.88. The van der Waals surface area contributed by atoms with Crippen molar-refractivity contribution in [2.45, 2.75) is 26.3 Å². The van der Waals surface area contributed by atoms with Crippen LogP contribution in [0.1, 0.15) is 19.2 Å². The van der Waals surface area contributed by atoms with Crippen molar-refractivity contribution in [3.8, 4) is 5.75 Å². The van der Waals surface area contributed by atoms with Gasteiger partial charge in [-0.15, -0.1) is 0 Å². The molecule has 2 aromatic rings. The maximum atomic E-state index is 9.30. The highest BCUT2D eigenvalue weighted by atomic mass is 16.5. The molecule has 1 aromatic heterocycles. The highest BCUT2D eigenvalue weighted by molar-refractivity contribution is 5.90. The molecule has 19 heavy (non-hydrogen) atoms. The average molecular weight is 261 g/mol. The maximum absolute atomic E-state index is 9.30. The van der Waals surface area contributed by atoms with Crippen LogP contribution in [-0.4, -0.2) is 34.8 Å². The van der Waals surface area contributed by atoms with Gasteiger partial charge < -0.3 is 15.2 Å². The second-order valence-corrected chi connectivity index (χ2v) is 4.43. The maximum Gasteiger partial charge on any atom is 0.138 e. The lowest BCUT2D eigenvalue weighted by Gasteiger charge is -2.16. The van der Waals surface area contributed by atoms with Crippen molar-refractivity contribution in [2.24, 2.45) is 0 Å². The van der Waals surface area contributed by atoms with E-state index in [1.165, 1.54) is 0 Å². The highest BCUT2D eigenvalue weighted by Crippen LogP contribution is 2.25. The van der Waals surface area contributed by atoms with Crippen LogP contribution in [0.5, 0.6) is 5.75 Å². The zero-order chi connectivity index (χ0) is 13.8. The molecule has 0 bridgehead atoms. The molecule has 1 heterocycles. The predicted molar refractivity (Wildman–Crippen MR) is 75.6 cm³/mol. The Morgan fingerprint density at radius 2 is 2.16 bits per heavy atom. The molecule has 1 aromatic carbocycles. The number of nitrogens with zero attached hydrogens (tertiary/aromatic N) is 2. The molecule has 0 spiro atoms. The number of rotatable bonds is 5. The van der Waals surface area contributed by atoms with Crippen LogP contribution in [0.15, 0.2) is 18.2 Å². The smallest absolute Gasteiger partial charge is 0.138 e. The monoisotopic (exact) mass is 261 g/mol. The van der Waals surface area contributed by atoms with E-state index in [1.807, 2.05) is 32.0 Å². The van der Waals surface area contributed by atoms with Gasteiger partial charge >= 0.3 is 0 Å². The molecular weight excluding hydrogens is 242 g/mol. The van der Waals surface area contributed by atoms with Gasteiger partial charge in [-0.1, -0.05) is 6.92 Å². The van der Waals surface area contributed by atoms with E-state index in [0.717, 1.165) is 28.9 Å². The zero-order valence-electron chi connectivity index (χ0n) is 11.5. The summed E-state index contributed by atoms with van der Waals surface area (Å²) in [5.41, 5.74) is 0.864. The molecule has 0 aliphatic carbocycles. The molecule has 0 unspecified atom stereocenters. The number of aryl methyl sites for hydroxylation is 1. The standard InChI is InChI=1S/C14H19N3O2/c1-4-10(8-18)17-14-12-7-11(19-3)5-6-13(12)15-9(2)16-14/h5-7,10,18H,4,8H2,1-3H3,(H,15,16,17)/t10-/m1/s1. The molecule has 0 saturated heterocycles. The summed E-state index contributed by atoms with van der Waals surface area (Å²) in [4.78, 5) is 8.83. The first-order valence-electron chi connectivity index (χ1n) is 6.37. The van der Waals surface area contributed by atoms with Gasteiger partial charge in [0.25, 0.3) is 0 Å². The predicted octanol–water partition coefficient (Wildman–Crippen LogP) is 2.13. The molecule has 2 rings (SSSR count). The SMILES string of the molecule is CC[C@H](CO)Nc1nc(C)nc2ccc(OC)cc12. The number of hydrogen-bond donors (Lipinski definition) is 2. The Kier molecular flexibility index (Phi) is 4.16. The van der Waals surface area contributed by atoms with E-state index in [4.69, 9.17) is 4.74 Å². The number of aliphatic hydroxyl groups is 1.